The molecule has 23 heavy (non-hydrogen) atoms. The number of rotatable bonds is 4. The fourth-order valence-electron chi connectivity index (χ4n) is 2.07. The number of aromatic carboxylic acids is 1. The van der Waals surface area contributed by atoms with E-state index in [1.165, 1.54) is 30.3 Å². The first-order valence-corrected chi connectivity index (χ1v) is 7.90. The molecule has 9 heteroatoms. The normalized spacial score (nSPS) is 11.3. The van der Waals surface area contributed by atoms with Crippen molar-refractivity contribution in [2.75, 3.05) is 0 Å². The number of carboxylic acid groups (broad SMARTS) is 1. The lowest BCUT2D eigenvalue weighted by Crippen LogP contribution is -2.10. The number of carboxylic acids is 1. The van der Waals surface area contributed by atoms with Gasteiger partial charge in [0, 0.05) is 5.56 Å². The summed E-state index contributed by atoms with van der Waals surface area (Å²) in [5.41, 5.74) is 0.0272. The Morgan fingerprint density at radius 1 is 1.09 bits per heavy atom. The number of nitrogens with one attached hydrogen (secondary N) is 1. The molecule has 1 aromatic heterocycles. The van der Waals surface area contributed by atoms with E-state index in [4.69, 9.17) is 0 Å². The van der Waals surface area contributed by atoms with Gasteiger partial charge in [-0.05, 0) is 29.5 Å². The molecule has 0 saturated carbocycles. The van der Waals surface area contributed by atoms with Crippen molar-refractivity contribution in [2.45, 2.75) is 9.79 Å². The van der Waals surface area contributed by atoms with Crippen molar-refractivity contribution < 1.29 is 18.3 Å². The molecule has 0 unspecified atom stereocenters. The van der Waals surface area contributed by atoms with Gasteiger partial charge < -0.3 is 5.11 Å². The van der Waals surface area contributed by atoms with Crippen molar-refractivity contribution in [2.24, 2.45) is 0 Å². The van der Waals surface area contributed by atoms with E-state index in [1.807, 2.05) is 0 Å². The Morgan fingerprint density at radius 3 is 2.43 bits per heavy atom. The quantitative estimate of drug-likeness (QED) is 0.740. The number of carbonyl (C=O) groups is 1. The van der Waals surface area contributed by atoms with Gasteiger partial charge in [0.25, 0.3) is 0 Å². The number of H-pyrrole nitrogens is 1. The van der Waals surface area contributed by atoms with E-state index in [9.17, 15) is 18.3 Å². The van der Waals surface area contributed by atoms with Crippen LogP contribution in [0.5, 0.6) is 0 Å². The molecule has 3 aromatic rings. The number of nitrogens with zero attached hydrogens (tertiary/aromatic N) is 3. The molecule has 0 radical (unpaired) electrons. The molecule has 0 spiro atoms. The van der Waals surface area contributed by atoms with Crippen molar-refractivity contribution in [1.82, 2.24) is 20.6 Å². The van der Waals surface area contributed by atoms with E-state index < -0.39 is 15.8 Å². The van der Waals surface area contributed by atoms with E-state index in [0.29, 0.717) is 5.56 Å². The fourth-order valence-corrected chi connectivity index (χ4v) is 3.57. The summed E-state index contributed by atoms with van der Waals surface area (Å²) in [6.45, 7) is 0. The lowest BCUT2D eigenvalue weighted by Gasteiger charge is -2.09. The number of benzene rings is 2. The van der Waals surface area contributed by atoms with Gasteiger partial charge in [-0.3, -0.25) is 0 Å². The zero-order valence-electron chi connectivity index (χ0n) is 11.5. The summed E-state index contributed by atoms with van der Waals surface area (Å²) in [6.07, 6.45) is 0. The Morgan fingerprint density at radius 2 is 1.83 bits per heavy atom. The topological polar surface area (TPSA) is 126 Å². The Hall–Kier alpha value is -3.07. The van der Waals surface area contributed by atoms with Crippen LogP contribution in [0.1, 0.15) is 10.4 Å². The van der Waals surface area contributed by atoms with E-state index >= 15 is 0 Å². The third kappa shape index (κ3) is 2.69. The van der Waals surface area contributed by atoms with E-state index in [-0.39, 0.29) is 21.2 Å². The lowest BCUT2D eigenvalue weighted by molar-refractivity contribution is 0.0692. The van der Waals surface area contributed by atoms with Gasteiger partial charge >= 0.3 is 5.97 Å². The third-order valence-electron chi connectivity index (χ3n) is 3.16. The van der Waals surface area contributed by atoms with Crippen molar-refractivity contribution in [3.63, 3.8) is 0 Å². The molecular weight excluding hydrogens is 320 g/mol. The van der Waals surface area contributed by atoms with E-state index in [1.54, 1.807) is 18.2 Å². The molecule has 0 fully saturated rings. The molecule has 0 aliphatic carbocycles. The molecule has 0 aliphatic heterocycles. The second-order valence-electron chi connectivity index (χ2n) is 4.57. The van der Waals surface area contributed by atoms with Crippen LogP contribution in [-0.2, 0) is 9.84 Å². The first-order chi connectivity index (χ1) is 11.0. The van der Waals surface area contributed by atoms with Gasteiger partial charge in [0.05, 0.1) is 15.4 Å². The molecule has 8 nitrogen and oxygen atoms in total. The molecular formula is C14H10N4O4S. The van der Waals surface area contributed by atoms with Gasteiger partial charge in [-0.1, -0.05) is 24.3 Å². The maximum absolute atomic E-state index is 12.8. The number of hydrogen-bond donors (Lipinski definition) is 2. The minimum Gasteiger partial charge on any atom is -0.478 e. The van der Waals surface area contributed by atoms with Crippen LogP contribution in [-0.4, -0.2) is 40.1 Å². The number of tetrazole rings is 1. The van der Waals surface area contributed by atoms with Crippen LogP contribution in [0.15, 0.2) is 58.3 Å². The number of aromatic amines is 1. The molecule has 0 saturated heterocycles. The molecule has 0 amide bonds. The van der Waals surface area contributed by atoms with Gasteiger partial charge in [0.2, 0.25) is 15.7 Å². The van der Waals surface area contributed by atoms with E-state index in [2.05, 4.69) is 20.6 Å². The van der Waals surface area contributed by atoms with Crippen molar-refractivity contribution in [3.8, 4) is 11.4 Å². The summed E-state index contributed by atoms with van der Waals surface area (Å²) in [6, 6.07) is 11.5. The lowest BCUT2D eigenvalue weighted by atomic mass is 10.1. The van der Waals surface area contributed by atoms with Crippen LogP contribution in [0, 0.1) is 0 Å². The Balaban J connectivity index is 2.24. The highest BCUT2D eigenvalue weighted by atomic mass is 32.2. The van der Waals surface area contributed by atoms with Crippen molar-refractivity contribution in [3.05, 3.63) is 54.1 Å². The van der Waals surface area contributed by atoms with Crippen LogP contribution in [0.4, 0.5) is 0 Å². The highest BCUT2D eigenvalue weighted by Crippen LogP contribution is 2.28. The molecule has 1 heterocycles. The molecule has 3 rings (SSSR count). The predicted molar refractivity (Wildman–Crippen MR) is 78.5 cm³/mol. The van der Waals surface area contributed by atoms with Gasteiger partial charge in [-0.2, -0.15) is 5.21 Å². The molecule has 0 bridgehead atoms. The summed E-state index contributed by atoms with van der Waals surface area (Å²) >= 11 is 0. The molecule has 2 aromatic carbocycles. The Kier molecular flexibility index (Phi) is 3.62. The molecule has 116 valence electrons. The fraction of sp³-hybridized carbons (Fsp3) is 0. The van der Waals surface area contributed by atoms with Crippen LogP contribution in [0.2, 0.25) is 0 Å². The van der Waals surface area contributed by atoms with E-state index in [0.717, 1.165) is 0 Å². The van der Waals surface area contributed by atoms with Crippen LogP contribution >= 0.6 is 0 Å². The summed E-state index contributed by atoms with van der Waals surface area (Å²) in [5, 5.41) is 22.5. The standard InChI is InChI=1S/C14H10N4O4S/c19-14(20)11-7-6-9(13-15-17-18-16-13)8-12(11)23(21,22)10-4-2-1-3-5-10/h1-8H,(H,19,20)(H,15,16,17,18). The average Bonchev–Trinajstić information content (AvgIpc) is 3.09. The summed E-state index contributed by atoms with van der Waals surface area (Å²) in [5.74, 6) is -1.16. The summed E-state index contributed by atoms with van der Waals surface area (Å²) in [7, 11) is -4.00. The second kappa shape index (κ2) is 5.61. The van der Waals surface area contributed by atoms with Gasteiger partial charge in [-0.25, -0.2) is 13.2 Å². The average molecular weight is 330 g/mol. The third-order valence-corrected chi connectivity index (χ3v) is 4.97. The van der Waals surface area contributed by atoms with Crippen molar-refractivity contribution in [1.29, 1.82) is 0 Å². The van der Waals surface area contributed by atoms with Gasteiger partial charge in [-0.15, -0.1) is 10.2 Å². The number of sulfone groups is 1. The number of hydrogen-bond acceptors (Lipinski definition) is 6. The predicted octanol–water partition coefficient (Wildman–Crippen LogP) is 1.40. The highest BCUT2D eigenvalue weighted by molar-refractivity contribution is 7.91. The Labute approximate surface area is 130 Å². The smallest absolute Gasteiger partial charge is 0.337 e. The SMILES string of the molecule is O=C(O)c1ccc(-c2nn[nH]n2)cc1S(=O)(=O)c1ccccc1. The second-order valence-corrected chi connectivity index (χ2v) is 6.49. The maximum Gasteiger partial charge on any atom is 0.337 e. The maximum atomic E-state index is 12.8. The zero-order chi connectivity index (χ0) is 16.4. The first-order valence-electron chi connectivity index (χ1n) is 6.41. The Bertz CT molecular complexity index is 954. The minimum atomic E-state index is -4.00. The highest BCUT2D eigenvalue weighted by Gasteiger charge is 2.25. The minimum absolute atomic E-state index is 0.00719. The molecule has 2 N–H and O–H groups in total. The first kappa shape index (κ1) is 14.9. The van der Waals surface area contributed by atoms with Crippen molar-refractivity contribution >= 4 is 15.8 Å². The number of aromatic nitrogens is 4. The van der Waals surface area contributed by atoms with Gasteiger partial charge in [0.15, 0.2) is 0 Å². The van der Waals surface area contributed by atoms with Gasteiger partial charge in [0.1, 0.15) is 0 Å². The monoisotopic (exact) mass is 330 g/mol. The van der Waals surface area contributed by atoms with Crippen LogP contribution < -0.4 is 0 Å². The molecule has 0 aliphatic rings. The summed E-state index contributed by atoms with van der Waals surface area (Å²) in [4.78, 5) is 11.1. The summed E-state index contributed by atoms with van der Waals surface area (Å²) < 4.78 is 25.5. The molecule has 0 atom stereocenters. The largest absolute Gasteiger partial charge is 0.478 e. The van der Waals surface area contributed by atoms with Crippen LogP contribution in [0.3, 0.4) is 0 Å². The van der Waals surface area contributed by atoms with Crippen LogP contribution in [0.25, 0.3) is 11.4 Å². The zero-order valence-corrected chi connectivity index (χ0v) is 12.4.